The van der Waals surface area contributed by atoms with Crippen LogP contribution in [-0.2, 0) is 6.42 Å². The molecule has 1 N–H and O–H groups in total. The van der Waals surface area contributed by atoms with Gasteiger partial charge in [-0.05, 0) is 29.4 Å². The van der Waals surface area contributed by atoms with Crippen molar-refractivity contribution in [2.75, 3.05) is 6.61 Å². The van der Waals surface area contributed by atoms with E-state index in [1.807, 2.05) is 0 Å². The predicted molar refractivity (Wildman–Crippen MR) is 70.3 cm³/mol. The minimum atomic E-state index is -0.0150. The number of aryl methyl sites for hydroxylation is 1. The Bertz CT molecular complexity index is 350. The molecular formula is C15H22O. The summed E-state index contributed by atoms with van der Waals surface area (Å²) < 4.78 is 0. The molecule has 88 valence electrons. The SMILES string of the molecule is CCc1cccc(/C=C/CC(C)(C)CO)c1. The molecule has 1 rings (SSSR count). The fraction of sp³-hybridized carbons (Fsp3) is 0.467. The first-order valence-electron chi connectivity index (χ1n) is 5.94. The predicted octanol–water partition coefficient (Wildman–Crippen LogP) is 3.67. The van der Waals surface area contributed by atoms with E-state index in [9.17, 15) is 0 Å². The number of benzene rings is 1. The van der Waals surface area contributed by atoms with Gasteiger partial charge in [-0.25, -0.2) is 0 Å². The minimum Gasteiger partial charge on any atom is -0.396 e. The second kappa shape index (κ2) is 5.86. The highest BCUT2D eigenvalue weighted by atomic mass is 16.3. The van der Waals surface area contributed by atoms with Crippen molar-refractivity contribution in [1.82, 2.24) is 0 Å². The van der Waals surface area contributed by atoms with Crippen LogP contribution in [0.1, 0.15) is 38.3 Å². The summed E-state index contributed by atoms with van der Waals surface area (Å²) >= 11 is 0. The van der Waals surface area contributed by atoms with Gasteiger partial charge in [-0.1, -0.05) is 57.2 Å². The molecule has 0 fully saturated rings. The van der Waals surface area contributed by atoms with Crippen LogP contribution >= 0.6 is 0 Å². The standard InChI is InChI=1S/C15H22O/c1-4-13-7-5-8-14(11-13)9-6-10-15(2,3)12-16/h5-9,11,16H,4,10,12H2,1-3H3/b9-6+. The second-order valence-electron chi connectivity index (χ2n) is 5.03. The second-order valence-corrected chi connectivity index (χ2v) is 5.03. The molecule has 0 amide bonds. The molecule has 0 aliphatic rings. The molecule has 0 heterocycles. The van der Waals surface area contributed by atoms with Crippen molar-refractivity contribution in [1.29, 1.82) is 0 Å². The van der Waals surface area contributed by atoms with Crippen molar-refractivity contribution in [2.24, 2.45) is 5.41 Å². The first-order chi connectivity index (χ1) is 7.57. The molecule has 0 aliphatic carbocycles. The van der Waals surface area contributed by atoms with Crippen molar-refractivity contribution in [3.05, 3.63) is 41.5 Å². The third kappa shape index (κ3) is 4.19. The molecule has 0 radical (unpaired) electrons. The van der Waals surface area contributed by atoms with Crippen molar-refractivity contribution in [3.63, 3.8) is 0 Å². The van der Waals surface area contributed by atoms with Gasteiger partial charge in [0.1, 0.15) is 0 Å². The van der Waals surface area contributed by atoms with Gasteiger partial charge in [-0.2, -0.15) is 0 Å². The van der Waals surface area contributed by atoms with Crippen molar-refractivity contribution >= 4 is 6.08 Å². The number of hydrogen-bond donors (Lipinski definition) is 1. The highest BCUT2D eigenvalue weighted by molar-refractivity contribution is 5.50. The molecule has 0 aliphatic heterocycles. The van der Waals surface area contributed by atoms with Crippen molar-refractivity contribution in [3.8, 4) is 0 Å². The van der Waals surface area contributed by atoms with E-state index in [4.69, 9.17) is 5.11 Å². The lowest BCUT2D eigenvalue weighted by atomic mass is 9.90. The third-order valence-corrected chi connectivity index (χ3v) is 2.77. The van der Waals surface area contributed by atoms with Gasteiger partial charge in [0.25, 0.3) is 0 Å². The zero-order valence-corrected chi connectivity index (χ0v) is 10.5. The Hall–Kier alpha value is -1.08. The molecule has 1 nitrogen and oxygen atoms in total. The van der Waals surface area contributed by atoms with Crippen molar-refractivity contribution in [2.45, 2.75) is 33.6 Å². The van der Waals surface area contributed by atoms with Gasteiger partial charge in [0.2, 0.25) is 0 Å². The van der Waals surface area contributed by atoms with Crippen LogP contribution in [0.2, 0.25) is 0 Å². The van der Waals surface area contributed by atoms with E-state index in [0.29, 0.717) is 0 Å². The van der Waals surface area contributed by atoms with E-state index < -0.39 is 0 Å². The average molecular weight is 218 g/mol. The maximum Gasteiger partial charge on any atom is 0.0485 e. The number of hydrogen-bond acceptors (Lipinski definition) is 1. The molecule has 0 spiro atoms. The Labute approximate surface area is 98.8 Å². The molecular weight excluding hydrogens is 196 g/mol. The summed E-state index contributed by atoms with van der Waals surface area (Å²) in [6.45, 7) is 6.53. The molecule has 16 heavy (non-hydrogen) atoms. The Morgan fingerprint density at radius 3 is 2.69 bits per heavy atom. The fourth-order valence-electron chi connectivity index (χ4n) is 1.50. The fourth-order valence-corrected chi connectivity index (χ4v) is 1.50. The van der Waals surface area contributed by atoms with E-state index in [1.54, 1.807) is 0 Å². The van der Waals surface area contributed by atoms with Gasteiger partial charge in [-0.3, -0.25) is 0 Å². The van der Waals surface area contributed by atoms with E-state index >= 15 is 0 Å². The Balaban J connectivity index is 2.62. The highest BCUT2D eigenvalue weighted by Gasteiger charge is 2.13. The molecule has 1 aromatic rings. The van der Waals surface area contributed by atoms with Gasteiger partial charge in [-0.15, -0.1) is 0 Å². The first kappa shape index (κ1) is 13.0. The topological polar surface area (TPSA) is 20.2 Å². The molecule has 1 aromatic carbocycles. The average Bonchev–Trinajstić information content (AvgIpc) is 2.29. The van der Waals surface area contributed by atoms with Gasteiger partial charge in [0.15, 0.2) is 0 Å². The minimum absolute atomic E-state index is 0.0150. The lowest BCUT2D eigenvalue weighted by Gasteiger charge is -2.18. The number of aliphatic hydroxyl groups is 1. The number of aliphatic hydroxyl groups excluding tert-OH is 1. The molecule has 0 bridgehead atoms. The largest absolute Gasteiger partial charge is 0.396 e. The van der Waals surface area contributed by atoms with Crippen LogP contribution in [0, 0.1) is 5.41 Å². The maximum absolute atomic E-state index is 9.14. The molecule has 1 heteroatoms. The van der Waals surface area contributed by atoms with Crippen LogP contribution in [0.5, 0.6) is 0 Å². The van der Waals surface area contributed by atoms with Gasteiger partial charge < -0.3 is 5.11 Å². The van der Waals surface area contributed by atoms with Crippen LogP contribution < -0.4 is 0 Å². The normalized spacial score (nSPS) is 12.2. The zero-order valence-electron chi connectivity index (χ0n) is 10.5. The summed E-state index contributed by atoms with van der Waals surface area (Å²) in [5.41, 5.74) is 2.59. The van der Waals surface area contributed by atoms with Gasteiger partial charge in [0.05, 0.1) is 0 Å². The van der Waals surface area contributed by atoms with Crippen LogP contribution in [0.15, 0.2) is 30.3 Å². The Kier molecular flexibility index (Phi) is 4.75. The molecule has 0 aromatic heterocycles. The maximum atomic E-state index is 9.14. The Morgan fingerprint density at radius 1 is 1.31 bits per heavy atom. The number of rotatable bonds is 5. The van der Waals surface area contributed by atoms with Crippen molar-refractivity contribution < 1.29 is 5.11 Å². The highest BCUT2D eigenvalue weighted by Crippen LogP contribution is 2.20. The molecule has 0 unspecified atom stereocenters. The van der Waals surface area contributed by atoms with E-state index in [-0.39, 0.29) is 12.0 Å². The summed E-state index contributed by atoms with van der Waals surface area (Å²) in [5, 5.41) is 9.14. The van der Waals surface area contributed by atoms with E-state index in [0.717, 1.165) is 12.8 Å². The summed E-state index contributed by atoms with van der Waals surface area (Å²) in [6.07, 6.45) is 6.26. The monoisotopic (exact) mass is 218 g/mol. The summed E-state index contributed by atoms with van der Waals surface area (Å²) in [5.74, 6) is 0. The van der Waals surface area contributed by atoms with Crippen LogP contribution in [0.3, 0.4) is 0 Å². The summed E-state index contributed by atoms with van der Waals surface area (Å²) in [7, 11) is 0. The summed E-state index contributed by atoms with van der Waals surface area (Å²) in [4.78, 5) is 0. The van der Waals surface area contributed by atoms with Crippen LogP contribution in [0.4, 0.5) is 0 Å². The van der Waals surface area contributed by atoms with E-state index in [2.05, 4.69) is 57.2 Å². The Morgan fingerprint density at radius 2 is 2.06 bits per heavy atom. The smallest absolute Gasteiger partial charge is 0.0485 e. The third-order valence-electron chi connectivity index (χ3n) is 2.77. The van der Waals surface area contributed by atoms with Crippen LogP contribution in [-0.4, -0.2) is 11.7 Å². The quantitative estimate of drug-likeness (QED) is 0.799. The molecule has 0 atom stereocenters. The van der Waals surface area contributed by atoms with Crippen LogP contribution in [0.25, 0.3) is 6.08 Å². The molecule has 0 saturated heterocycles. The lowest BCUT2D eigenvalue weighted by molar-refractivity contribution is 0.162. The number of allylic oxidation sites excluding steroid dienone is 1. The summed E-state index contributed by atoms with van der Waals surface area (Å²) in [6, 6.07) is 8.56. The first-order valence-corrected chi connectivity index (χ1v) is 5.94. The van der Waals surface area contributed by atoms with E-state index in [1.165, 1.54) is 11.1 Å². The van der Waals surface area contributed by atoms with Gasteiger partial charge in [0, 0.05) is 6.61 Å². The lowest BCUT2D eigenvalue weighted by Crippen LogP contribution is -2.14. The molecule has 0 saturated carbocycles. The zero-order chi connectivity index (χ0) is 12.0. The van der Waals surface area contributed by atoms with Gasteiger partial charge >= 0.3 is 0 Å².